The van der Waals surface area contributed by atoms with Gasteiger partial charge in [0.05, 0.1) is 30.8 Å². The van der Waals surface area contributed by atoms with E-state index in [1.54, 1.807) is 21.4 Å². The number of amides is 2. The molecule has 0 spiro atoms. The zero-order valence-corrected chi connectivity index (χ0v) is 26.4. The molecule has 2 saturated heterocycles. The number of nitrogens with one attached hydrogen (secondary N) is 1. The number of nitrogens with zero attached hydrogens (tertiary/aromatic N) is 5. The predicted molar refractivity (Wildman–Crippen MR) is 169 cm³/mol. The Morgan fingerprint density at radius 1 is 1.19 bits per heavy atom. The van der Waals surface area contributed by atoms with Gasteiger partial charge in [-0.05, 0) is 30.3 Å². The minimum atomic E-state index is -1.36. The van der Waals surface area contributed by atoms with Crippen molar-refractivity contribution >= 4 is 46.7 Å². The van der Waals surface area contributed by atoms with Gasteiger partial charge in [-0.25, -0.2) is 28.1 Å². The van der Waals surface area contributed by atoms with Crippen molar-refractivity contribution in [1.29, 1.82) is 0 Å². The highest BCUT2D eigenvalue weighted by atomic mass is 35.5. The van der Waals surface area contributed by atoms with Crippen molar-refractivity contribution in [2.24, 2.45) is 4.99 Å². The van der Waals surface area contributed by atoms with Gasteiger partial charge in [0.1, 0.15) is 17.7 Å². The van der Waals surface area contributed by atoms with Gasteiger partial charge in [-0.2, -0.15) is 0 Å². The summed E-state index contributed by atoms with van der Waals surface area (Å²) in [7, 11) is 1.28. The summed E-state index contributed by atoms with van der Waals surface area (Å²) in [5, 5.41) is 14.8. The van der Waals surface area contributed by atoms with Crippen LogP contribution in [0.5, 0.6) is 0 Å². The molecule has 2 atom stereocenters. The first-order valence-electron chi connectivity index (χ1n) is 14.4. The Labute approximate surface area is 277 Å². The monoisotopic (exact) mass is 680 g/mol. The van der Waals surface area contributed by atoms with Crippen molar-refractivity contribution in [1.82, 2.24) is 25.0 Å². The third kappa shape index (κ3) is 6.69. The Hall–Kier alpha value is -4.84. The second kappa shape index (κ2) is 13.5. The van der Waals surface area contributed by atoms with Gasteiger partial charge in [0.15, 0.2) is 10.8 Å². The number of carbonyl (C=O) groups is 3. The van der Waals surface area contributed by atoms with E-state index in [1.165, 1.54) is 42.7 Å². The summed E-state index contributed by atoms with van der Waals surface area (Å²) >= 11 is 7.82. The van der Waals surface area contributed by atoms with Crippen LogP contribution < -0.4 is 5.32 Å². The molecule has 2 amide bonds. The molecule has 2 aromatic carbocycles. The second-order valence-electron chi connectivity index (χ2n) is 10.9. The zero-order chi connectivity index (χ0) is 33.2. The molecule has 2 fully saturated rings. The van der Waals surface area contributed by atoms with Gasteiger partial charge >= 0.3 is 18.0 Å². The number of aromatic carboxylic acids is 1. The lowest BCUT2D eigenvalue weighted by atomic mass is 9.95. The summed E-state index contributed by atoms with van der Waals surface area (Å²) in [4.78, 5) is 52.1. The number of benzene rings is 2. The fourth-order valence-corrected chi connectivity index (χ4v) is 6.67. The van der Waals surface area contributed by atoms with Crippen LogP contribution in [0.3, 0.4) is 0 Å². The Morgan fingerprint density at radius 2 is 2.02 bits per heavy atom. The first kappa shape index (κ1) is 32.1. The van der Waals surface area contributed by atoms with Crippen LogP contribution in [-0.4, -0.2) is 101 Å². The van der Waals surface area contributed by atoms with E-state index in [0.717, 1.165) is 12.1 Å². The maximum absolute atomic E-state index is 14.0. The topological polar surface area (TPSA) is 128 Å². The van der Waals surface area contributed by atoms with Crippen molar-refractivity contribution in [2.75, 3.05) is 46.4 Å². The molecular formula is C32H27ClF2N6O5S. The standard InChI is InChI=1S/C32H27ClF2N6O5S/c1-46-31(44)26-25(37-28(29-36-8-12-47-29)38-27(26)21-7-5-19(34)14-23(21)33)17-39-10-11-41-20(15-39)16-40(32(41)45)9-2-3-18-4-6-22(30(42)43)24(35)13-18/h4-8,12-14,20,27H,9-11,15-17H2,1H3,(H,37,38)(H,42,43)/t20-,27-/m0/s1. The summed E-state index contributed by atoms with van der Waals surface area (Å²) in [5.74, 6) is 2.74. The third-order valence-electron chi connectivity index (χ3n) is 8.02. The number of amidine groups is 1. The second-order valence-corrected chi connectivity index (χ2v) is 12.2. The van der Waals surface area contributed by atoms with Crippen LogP contribution >= 0.6 is 22.9 Å². The number of carboxylic acids is 1. The van der Waals surface area contributed by atoms with Crippen LogP contribution in [0.4, 0.5) is 13.6 Å². The average Bonchev–Trinajstić information content (AvgIpc) is 3.69. The number of ether oxygens (including phenoxy) is 1. The molecule has 0 unspecified atom stereocenters. The number of carbonyl (C=O) groups excluding carboxylic acids is 2. The van der Waals surface area contributed by atoms with E-state index in [-0.39, 0.29) is 29.2 Å². The molecule has 0 saturated carbocycles. The first-order chi connectivity index (χ1) is 22.6. The van der Waals surface area contributed by atoms with Crippen LogP contribution in [0, 0.1) is 23.5 Å². The highest BCUT2D eigenvalue weighted by Crippen LogP contribution is 2.37. The highest BCUT2D eigenvalue weighted by Gasteiger charge is 2.41. The largest absolute Gasteiger partial charge is 0.478 e. The Kier molecular flexibility index (Phi) is 9.21. The van der Waals surface area contributed by atoms with E-state index in [9.17, 15) is 23.2 Å². The molecule has 47 heavy (non-hydrogen) atoms. The van der Waals surface area contributed by atoms with Crippen molar-refractivity contribution in [2.45, 2.75) is 12.1 Å². The molecule has 242 valence electrons. The smallest absolute Gasteiger partial charge is 0.338 e. The number of esters is 1. The number of hydrogen-bond acceptors (Lipinski definition) is 9. The molecule has 4 heterocycles. The van der Waals surface area contributed by atoms with E-state index < -0.39 is 35.2 Å². The lowest BCUT2D eigenvalue weighted by molar-refractivity contribution is -0.136. The van der Waals surface area contributed by atoms with Crippen LogP contribution in [-0.2, 0) is 9.53 Å². The van der Waals surface area contributed by atoms with Crippen LogP contribution in [0.2, 0.25) is 5.02 Å². The molecular weight excluding hydrogens is 654 g/mol. The maximum Gasteiger partial charge on any atom is 0.338 e. The molecule has 1 aromatic heterocycles. The third-order valence-corrected chi connectivity index (χ3v) is 9.13. The molecule has 3 aromatic rings. The molecule has 11 nitrogen and oxygen atoms in total. The molecule has 6 rings (SSSR count). The first-order valence-corrected chi connectivity index (χ1v) is 15.7. The van der Waals surface area contributed by atoms with E-state index in [1.807, 2.05) is 0 Å². The van der Waals surface area contributed by atoms with Gasteiger partial charge in [-0.15, -0.1) is 11.3 Å². The quantitative estimate of drug-likeness (QED) is 0.285. The van der Waals surface area contributed by atoms with Gasteiger partial charge in [0, 0.05) is 66.1 Å². The van der Waals surface area contributed by atoms with Crippen molar-refractivity contribution in [3.8, 4) is 11.8 Å². The van der Waals surface area contributed by atoms with Crippen LogP contribution in [0.15, 0.2) is 64.2 Å². The number of methoxy groups -OCH3 is 1. The molecule has 0 bridgehead atoms. The number of aromatic nitrogens is 1. The minimum Gasteiger partial charge on any atom is -0.478 e. The van der Waals surface area contributed by atoms with Crippen LogP contribution in [0.1, 0.15) is 32.5 Å². The summed E-state index contributed by atoms with van der Waals surface area (Å²) in [5.41, 5.74) is 1.06. The van der Waals surface area contributed by atoms with Crippen molar-refractivity contribution < 1.29 is 33.0 Å². The normalized spacial score (nSPS) is 19.5. The van der Waals surface area contributed by atoms with E-state index >= 15 is 0 Å². The summed E-state index contributed by atoms with van der Waals surface area (Å²) in [6.07, 6.45) is 1.64. The number of halogens is 3. The number of rotatable bonds is 7. The molecule has 2 N–H and O–H groups in total. The van der Waals surface area contributed by atoms with Gasteiger partial charge in [-0.1, -0.05) is 29.5 Å². The lowest BCUT2D eigenvalue weighted by Gasteiger charge is -2.38. The molecule has 15 heteroatoms. The SMILES string of the molecule is COC(=O)C1=C(CN2CCN3C(=O)N(CC#Cc4ccc(C(=O)O)c(F)c4)C[C@@H]3C2)NC(c2nccs2)=N[C@H]1c1ccc(F)cc1Cl. The summed E-state index contributed by atoms with van der Waals surface area (Å²) in [6.45, 7) is 2.27. The van der Waals surface area contributed by atoms with Gasteiger partial charge in [-0.3, -0.25) is 9.89 Å². The minimum absolute atomic E-state index is 0.112. The van der Waals surface area contributed by atoms with Gasteiger partial charge in [0.2, 0.25) is 0 Å². The van der Waals surface area contributed by atoms with Crippen LogP contribution in [0.25, 0.3) is 0 Å². The number of piperazine rings is 1. The van der Waals surface area contributed by atoms with E-state index in [4.69, 9.17) is 26.4 Å². The Morgan fingerprint density at radius 3 is 2.72 bits per heavy atom. The number of carboxylic acid groups (broad SMARTS) is 1. The maximum atomic E-state index is 14.0. The molecule has 0 radical (unpaired) electrons. The average molecular weight is 681 g/mol. The number of urea groups is 1. The number of hydrogen-bond donors (Lipinski definition) is 2. The van der Waals surface area contributed by atoms with Gasteiger partial charge < -0.3 is 25.0 Å². The Balaban J connectivity index is 1.20. The fourth-order valence-electron chi connectivity index (χ4n) is 5.81. The number of fused-ring (bicyclic) bond motifs is 1. The van der Waals surface area contributed by atoms with Crippen molar-refractivity contribution in [3.63, 3.8) is 0 Å². The van der Waals surface area contributed by atoms with Gasteiger partial charge in [0.25, 0.3) is 0 Å². The molecule has 3 aliphatic heterocycles. The van der Waals surface area contributed by atoms with E-state index in [2.05, 4.69) is 27.0 Å². The zero-order valence-electron chi connectivity index (χ0n) is 24.9. The lowest BCUT2D eigenvalue weighted by Crippen LogP contribution is -2.53. The molecule has 0 aliphatic carbocycles. The summed E-state index contributed by atoms with van der Waals surface area (Å²) in [6, 6.07) is 6.37. The molecule has 3 aliphatic rings. The van der Waals surface area contributed by atoms with Crippen molar-refractivity contribution in [3.05, 3.63) is 97.6 Å². The fraction of sp³-hybridized carbons (Fsp3) is 0.281. The highest BCUT2D eigenvalue weighted by molar-refractivity contribution is 7.11. The number of thiazole rings is 1. The predicted octanol–water partition coefficient (Wildman–Crippen LogP) is 3.76. The Bertz CT molecular complexity index is 1870. The number of aliphatic imine (C=N–C) groups is 1. The summed E-state index contributed by atoms with van der Waals surface area (Å²) < 4.78 is 33.2. The van der Waals surface area contributed by atoms with E-state index in [0.29, 0.717) is 60.4 Å².